The molecule has 1 aliphatic heterocycles. The summed E-state index contributed by atoms with van der Waals surface area (Å²) in [4.78, 5) is 35.1. The highest BCUT2D eigenvalue weighted by molar-refractivity contribution is 7.97. The minimum Gasteiger partial charge on any atom is -0.369 e. The van der Waals surface area contributed by atoms with Crippen LogP contribution in [0.4, 0.5) is 42.0 Å². The van der Waals surface area contributed by atoms with Crippen LogP contribution in [-0.2, 0) is 21.2 Å². The number of halogens is 3. The van der Waals surface area contributed by atoms with Crippen molar-refractivity contribution in [2.24, 2.45) is 0 Å². The number of benzene rings is 3. The summed E-state index contributed by atoms with van der Waals surface area (Å²) in [5, 5.41) is 12.3. The van der Waals surface area contributed by atoms with Gasteiger partial charge >= 0.3 is 6.18 Å². The third kappa shape index (κ3) is 7.04. The van der Waals surface area contributed by atoms with Crippen LogP contribution in [0.3, 0.4) is 0 Å². The second-order valence-electron chi connectivity index (χ2n) is 11.0. The van der Waals surface area contributed by atoms with E-state index in [1.165, 1.54) is 24.9 Å². The van der Waals surface area contributed by atoms with E-state index < -0.39 is 17.2 Å². The molecule has 232 valence electrons. The molecule has 2 aliphatic rings. The molecule has 0 atom stereocenters. The van der Waals surface area contributed by atoms with Gasteiger partial charge in [0.25, 0.3) is 0 Å². The summed E-state index contributed by atoms with van der Waals surface area (Å²) in [6, 6.07) is 17.8. The first-order valence-corrected chi connectivity index (χ1v) is 15.2. The molecule has 0 unspecified atom stereocenters. The van der Waals surface area contributed by atoms with Crippen LogP contribution in [0.15, 0.2) is 77.8 Å². The standard InChI is InChI=1S/C32H30F3N7O2S/c1-19(43)39-24-15-25-17-26(16-24)45-38-13-3-12-36-28-27(18-37-30(41-25)42-28)20-6-8-23(9-7-20)40-29(44)31(10-11-31)21-4-2-5-22(14-21)32(33,34)35/h2,4-9,14-18,38H,3,10-13H2,1H3,(H,39,43)(H,40,44)(H2,36,37,41,42). The van der Waals surface area contributed by atoms with Crippen LogP contribution in [0.25, 0.3) is 11.1 Å². The molecule has 4 aromatic rings. The number of rotatable bonds is 5. The van der Waals surface area contributed by atoms with E-state index in [2.05, 4.69) is 31.0 Å². The number of alkyl halides is 3. The molecule has 1 aromatic heterocycles. The Morgan fingerprint density at radius 3 is 2.49 bits per heavy atom. The van der Waals surface area contributed by atoms with Gasteiger partial charge in [0.05, 0.1) is 11.0 Å². The molecule has 9 nitrogen and oxygen atoms in total. The molecule has 4 bridgehead atoms. The monoisotopic (exact) mass is 633 g/mol. The number of anilines is 5. The van der Waals surface area contributed by atoms with E-state index in [1.54, 1.807) is 30.5 Å². The number of hydrogen-bond acceptors (Lipinski definition) is 8. The van der Waals surface area contributed by atoms with E-state index in [1.807, 2.05) is 24.3 Å². The molecule has 2 heterocycles. The largest absolute Gasteiger partial charge is 0.416 e. The third-order valence-corrected chi connectivity index (χ3v) is 8.41. The average molecular weight is 634 g/mol. The van der Waals surface area contributed by atoms with Gasteiger partial charge < -0.3 is 21.3 Å². The van der Waals surface area contributed by atoms with Gasteiger partial charge in [-0.05, 0) is 78.7 Å². The molecule has 1 saturated carbocycles. The number of nitrogens with one attached hydrogen (secondary N) is 5. The summed E-state index contributed by atoms with van der Waals surface area (Å²) in [6.07, 6.45) is -0.980. The highest BCUT2D eigenvalue weighted by Crippen LogP contribution is 2.50. The van der Waals surface area contributed by atoms with Crippen molar-refractivity contribution in [1.29, 1.82) is 0 Å². The summed E-state index contributed by atoms with van der Waals surface area (Å²) in [5.41, 5.74) is 2.11. The Labute approximate surface area is 262 Å². The molecule has 0 radical (unpaired) electrons. The lowest BCUT2D eigenvalue weighted by atomic mass is 9.93. The van der Waals surface area contributed by atoms with E-state index >= 15 is 0 Å². The lowest BCUT2D eigenvalue weighted by molar-refractivity contribution is -0.137. The third-order valence-electron chi connectivity index (χ3n) is 7.59. The molecular formula is C32H30F3N7O2S. The van der Waals surface area contributed by atoms with Crippen molar-refractivity contribution in [3.63, 3.8) is 0 Å². The van der Waals surface area contributed by atoms with Crippen molar-refractivity contribution in [2.45, 2.75) is 42.7 Å². The minimum atomic E-state index is -4.47. The van der Waals surface area contributed by atoms with E-state index in [0.717, 1.165) is 41.1 Å². The van der Waals surface area contributed by atoms with Crippen LogP contribution >= 0.6 is 11.9 Å². The van der Waals surface area contributed by atoms with E-state index in [0.29, 0.717) is 53.8 Å². The van der Waals surface area contributed by atoms with Crippen LogP contribution in [0.5, 0.6) is 0 Å². The Balaban J connectivity index is 1.21. The van der Waals surface area contributed by atoms with Crippen molar-refractivity contribution in [3.05, 3.63) is 84.1 Å². The zero-order chi connectivity index (χ0) is 31.6. The molecule has 2 amide bonds. The fraction of sp³-hybridized carbons (Fsp3) is 0.250. The Hall–Kier alpha value is -4.62. The number of nitrogens with zero attached hydrogens (tertiary/aromatic N) is 2. The fourth-order valence-corrected chi connectivity index (χ4v) is 5.96. The lowest BCUT2D eigenvalue weighted by Crippen LogP contribution is -2.28. The van der Waals surface area contributed by atoms with Crippen molar-refractivity contribution >= 4 is 52.6 Å². The first kappa shape index (κ1) is 30.4. The van der Waals surface area contributed by atoms with Crippen molar-refractivity contribution < 1.29 is 22.8 Å². The van der Waals surface area contributed by atoms with Crippen LogP contribution < -0.4 is 26.0 Å². The van der Waals surface area contributed by atoms with Gasteiger partial charge in [0.2, 0.25) is 17.8 Å². The number of fused-ring (bicyclic) bond motifs is 4. The van der Waals surface area contributed by atoms with Gasteiger partial charge in [-0.1, -0.05) is 30.3 Å². The van der Waals surface area contributed by atoms with Crippen LogP contribution in [0, 0.1) is 0 Å². The van der Waals surface area contributed by atoms with Crippen LogP contribution in [0.2, 0.25) is 0 Å². The fourth-order valence-electron chi connectivity index (χ4n) is 5.17. The van der Waals surface area contributed by atoms with Crippen molar-refractivity contribution in [1.82, 2.24) is 14.7 Å². The van der Waals surface area contributed by atoms with Gasteiger partial charge in [-0.3, -0.25) is 14.3 Å². The summed E-state index contributed by atoms with van der Waals surface area (Å²) in [5.74, 6) is 0.494. The smallest absolute Gasteiger partial charge is 0.369 e. The first-order valence-electron chi connectivity index (χ1n) is 14.4. The minimum absolute atomic E-state index is 0.172. The summed E-state index contributed by atoms with van der Waals surface area (Å²) < 4.78 is 43.2. The normalized spacial score (nSPS) is 15.6. The predicted molar refractivity (Wildman–Crippen MR) is 169 cm³/mol. The van der Waals surface area contributed by atoms with Gasteiger partial charge in [0.1, 0.15) is 5.82 Å². The van der Waals surface area contributed by atoms with E-state index in [-0.39, 0.29) is 11.8 Å². The number of aromatic nitrogens is 2. The number of hydrogen-bond donors (Lipinski definition) is 5. The van der Waals surface area contributed by atoms with Gasteiger partial charge in [0, 0.05) is 53.7 Å². The molecule has 3 aromatic carbocycles. The van der Waals surface area contributed by atoms with Gasteiger partial charge in [0.15, 0.2) is 0 Å². The van der Waals surface area contributed by atoms with E-state index in [9.17, 15) is 22.8 Å². The molecule has 1 fully saturated rings. The Morgan fingerprint density at radius 1 is 0.956 bits per heavy atom. The summed E-state index contributed by atoms with van der Waals surface area (Å²) >= 11 is 1.47. The van der Waals surface area contributed by atoms with Crippen LogP contribution in [0.1, 0.15) is 37.3 Å². The average Bonchev–Trinajstić information content (AvgIpc) is 3.81. The maximum atomic E-state index is 13.3. The summed E-state index contributed by atoms with van der Waals surface area (Å²) in [7, 11) is 0. The number of amides is 2. The molecule has 1 aliphatic carbocycles. The summed E-state index contributed by atoms with van der Waals surface area (Å²) in [6.45, 7) is 2.84. The SMILES string of the molecule is CC(=O)Nc1cc2cc(c1)SNCCCNc1nc(ncc1-c1ccc(NC(=O)C3(c4cccc(C(F)(F)F)c4)CC3)cc1)N2. The molecule has 5 N–H and O–H groups in total. The second-order valence-corrected chi connectivity index (χ2v) is 11.9. The zero-order valence-electron chi connectivity index (χ0n) is 24.2. The lowest BCUT2D eigenvalue weighted by Gasteiger charge is -2.18. The molecular weight excluding hydrogens is 603 g/mol. The quantitative estimate of drug-likeness (QED) is 0.150. The van der Waals surface area contributed by atoms with Crippen molar-refractivity contribution in [3.8, 4) is 11.1 Å². The molecule has 45 heavy (non-hydrogen) atoms. The van der Waals surface area contributed by atoms with Gasteiger partial charge in [-0.2, -0.15) is 18.2 Å². The molecule has 13 heteroatoms. The highest BCUT2D eigenvalue weighted by Gasteiger charge is 2.51. The second kappa shape index (κ2) is 12.4. The van der Waals surface area contributed by atoms with Gasteiger partial charge in [-0.15, -0.1) is 0 Å². The molecule has 6 rings (SSSR count). The number of carbonyl (C=O) groups excluding carboxylic acids is 2. The maximum Gasteiger partial charge on any atom is 0.416 e. The molecule has 0 spiro atoms. The highest BCUT2D eigenvalue weighted by atomic mass is 32.2. The number of carbonyl (C=O) groups is 2. The van der Waals surface area contributed by atoms with E-state index in [4.69, 9.17) is 4.98 Å². The zero-order valence-corrected chi connectivity index (χ0v) is 25.0. The Morgan fingerprint density at radius 2 is 1.76 bits per heavy atom. The Bertz CT molecular complexity index is 1740. The Kier molecular flexibility index (Phi) is 8.38. The van der Waals surface area contributed by atoms with Crippen molar-refractivity contribution in [2.75, 3.05) is 34.4 Å². The van der Waals surface area contributed by atoms with Crippen LogP contribution in [-0.4, -0.2) is 34.9 Å². The predicted octanol–water partition coefficient (Wildman–Crippen LogP) is 6.95. The topological polar surface area (TPSA) is 120 Å². The first-order chi connectivity index (χ1) is 21.6. The maximum absolute atomic E-state index is 13.3. The van der Waals surface area contributed by atoms with Gasteiger partial charge in [-0.25, -0.2) is 4.98 Å². The molecule has 0 saturated heterocycles.